The summed E-state index contributed by atoms with van der Waals surface area (Å²) in [6.45, 7) is 0.473. The zero-order chi connectivity index (χ0) is 16.2. The number of carbonyl (C=O) groups excluding carboxylic acids is 2. The van der Waals surface area contributed by atoms with Crippen LogP contribution in [0.25, 0.3) is 0 Å². The Kier molecular flexibility index (Phi) is 5.37. The number of anilines is 1. The largest absolute Gasteiger partial charge is 0.464 e. The van der Waals surface area contributed by atoms with Gasteiger partial charge in [-0.2, -0.15) is 0 Å². The number of esters is 1. The van der Waals surface area contributed by atoms with E-state index in [0.717, 1.165) is 14.4 Å². The molecule has 0 radical (unpaired) electrons. The van der Waals surface area contributed by atoms with Gasteiger partial charge in [0.2, 0.25) is 0 Å². The van der Waals surface area contributed by atoms with E-state index in [2.05, 4.69) is 26.0 Å². The fraction of sp³-hybridized carbons (Fsp3) is 0.200. The predicted octanol–water partition coefficient (Wildman–Crippen LogP) is 3.68. The number of carbonyl (C=O) groups is 2. The van der Waals surface area contributed by atoms with Gasteiger partial charge in [0.25, 0.3) is 5.91 Å². The number of rotatable bonds is 5. The van der Waals surface area contributed by atoms with Gasteiger partial charge in [0.1, 0.15) is 6.04 Å². The van der Waals surface area contributed by atoms with Gasteiger partial charge in [-0.1, -0.05) is 0 Å². The van der Waals surface area contributed by atoms with Crippen molar-refractivity contribution in [2.24, 2.45) is 0 Å². The maximum atomic E-state index is 12.1. The predicted molar refractivity (Wildman–Crippen MR) is 94.8 cm³/mol. The fourth-order valence-electron chi connectivity index (χ4n) is 1.98. The molecule has 1 atom stereocenters. The first-order valence-electron chi connectivity index (χ1n) is 6.87. The highest BCUT2D eigenvalue weighted by Crippen LogP contribution is 2.24. The van der Waals surface area contributed by atoms with Crippen LogP contribution in [0.15, 0.2) is 45.1 Å². The van der Waals surface area contributed by atoms with E-state index in [0.29, 0.717) is 17.9 Å². The second-order valence-corrected chi connectivity index (χ2v) is 8.19. The fourth-order valence-corrected chi connectivity index (χ4v) is 4.02. The molecule has 2 aromatic rings. The average Bonchev–Trinajstić information content (AvgIpc) is 3.15. The number of benzene rings is 1. The highest BCUT2D eigenvalue weighted by atomic mass is 79.9. The zero-order valence-corrected chi connectivity index (χ0v) is 15.1. The summed E-state index contributed by atoms with van der Waals surface area (Å²) < 4.78 is 8.91. The Morgan fingerprint density at radius 2 is 2.04 bits per heavy atom. The van der Waals surface area contributed by atoms with Crippen molar-refractivity contribution in [3.05, 3.63) is 45.1 Å². The van der Waals surface area contributed by atoms with Gasteiger partial charge in [0.05, 0.1) is 15.3 Å². The van der Waals surface area contributed by atoms with Crippen molar-refractivity contribution in [3.63, 3.8) is 0 Å². The molecule has 0 spiro atoms. The summed E-state index contributed by atoms with van der Waals surface area (Å²) in [5.74, 6) is -0.337. The lowest BCUT2D eigenvalue weighted by atomic mass is 10.3. The summed E-state index contributed by atoms with van der Waals surface area (Å²) >= 11 is 6.11. The third-order valence-electron chi connectivity index (χ3n) is 3.16. The van der Waals surface area contributed by atoms with Gasteiger partial charge < -0.3 is 10.1 Å². The topological polar surface area (TPSA) is 67.4 Å². The van der Waals surface area contributed by atoms with Gasteiger partial charge in [-0.15, -0.1) is 11.3 Å². The number of hydrogen-bond acceptors (Lipinski definition) is 6. The number of amides is 1. The lowest BCUT2D eigenvalue weighted by molar-refractivity contribution is -0.139. The first kappa shape index (κ1) is 16.5. The Hall–Kier alpha value is -1.35. The highest BCUT2D eigenvalue weighted by Gasteiger charge is 2.26. The van der Waals surface area contributed by atoms with Crippen LogP contribution in [0, 0.1) is 0 Å². The van der Waals surface area contributed by atoms with E-state index in [1.165, 1.54) is 23.3 Å². The van der Waals surface area contributed by atoms with E-state index in [9.17, 15) is 9.59 Å². The van der Waals surface area contributed by atoms with Crippen LogP contribution in [0.4, 0.5) is 5.69 Å². The minimum atomic E-state index is -0.253. The molecule has 0 saturated carbocycles. The number of nitrogens with one attached hydrogen (secondary N) is 2. The Labute approximate surface area is 150 Å². The Morgan fingerprint density at radius 3 is 2.65 bits per heavy atom. The molecule has 0 bridgehead atoms. The molecular formula is C15H13BrN2O3S2. The Bertz CT molecular complexity index is 718. The standard InChI is InChI=1S/C15H13BrN2O3S2/c16-13-6-5-12(22-13)14(19)17-9-1-3-10(4-2-9)23-18-11-7-8-21-15(11)20/h1-6,11,18H,7-8H2,(H,17,19). The maximum Gasteiger partial charge on any atom is 0.324 e. The van der Waals surface area contributed by atoms with E-state index < -0.39 is 0 Å². The summed E-state index contributed by atoms with van der Waals surface area (Å²) in [7, 11) is 0. The van der Waals surface area contributed by atoms with Gasteiger partial charge in [-0.05, 0) is 64.3 Å². The summed E-state index contributed by atoms with van der Waals surface area (Å²) in [5.41, 5.74) is 0.726. The van der Waals surface area contributed by atoms with E-state index >= 15 is 0 Å². The molecule has 1 aromatic carbocycles. The van der Waals surface area contributed by atoms with Crippen LogP contribution in [0.3, 0.4) is 0 Å². The molecule has 1 amide bonds. The first-order valence-corrected chi connectivity index (χ1v) is 9.30. The maximum absolute atomic E-state index is 12.1. The molecule has 1 fully saturated rings. The van der Waals surface area contributed by atoms with Crippen molar-refractivity contribution in [1.29, 1.82) is 0 Å². The SMILES string of the molecule is O=C(Nc1ccc(SNC2CCOC2=O)cc1)c1ccc(Br)s1. The molecular weight excluding hydrogens is 400 g/mol. The first-order chi connectivity index (χ1) is 11.1. The van der Waals surface area contributed by atoms with Crippen molar-refractivity contribution in [3.8, 4) is 0 Å². The number of thiophene rings is 1. The zero-order valence-electron chi connectivity index (χ0n) is 11.9. The van der Waals surface area contributed by atoms with Crippen LogP contribution in [0.5, 0.6) is 0 Å². The molecule has 5 nitrogen and oxygen atoms in total. The van der Waals surface area contributed by atoms with Crippen LogP contribution in [-0.4, -0.2) is 24.5 Å². The minimum absolute atomic E-state index is 0.132. The summed E-state index contributed by atoms with van der Waals surface area (Å²) in [5, 5.41) is 2.85. The molecule has 0 aliphatic carbocycles. The quantitative estimate of drug-likeness (QED) is 0.578. The molecule has 1 saturated heterocycles. The highest BCUT2D eigenvalue weighted by molar-refractivity contribution is 9.11. The van der Waals surface area contributed by atoms with Gasteiger partial charge in [-0.3, -0.25) is 9.59 Å². The molecule has 2 N–H and O–H groups in total. The van der Waals surface area contributed by atoms with Crippen LogP contribution in [0.1, 0.15) is 16.1 Å². The lowest BCUT2D eigenvalue weighted by Crippen LogP contribution is -2.27. The Balaban J connectivity index is 1.54. The molecule has 1 aromatic heterocycles. The lowest BCUT2D eigenvalue weighted by Gasteiger charge is -2.08. The number of halogens is 1. The van der Waals surface area contributed by atoms with Crippen LogP contribution in [0.2, 0.25) is 0 Å². The summed E-state index contributed by atoms with van der Waals surface area (Å²) in [6, 6.07) is 10.8. The monoisotopic (exact) mass is 412 g/mol. The number of cyclic esters (lactones) is 1. The molecule has 23 heavy (non-hydrogen) atoms. The molecule has 1 aliphatic heterocycles. The van der Waals surface area contributed by atoms with E-state index in [4.69, 9.17) is 4.74 Å². The molecule has 1 unspecified atom stereocenters. The van der Waals surface area contributed by atoms with Gasteiger partial charge >= 0.3 is 5.97 Å². The third kappa shape index (κ3) is 4.35. The van der Waals surface area contributed by atoms with E-state index in [-0.39, 0.29) is 17.9 Å². The van der Waals surface area contributed by atoms with Crippen LogP contribution in [-0.2, 0) is 9.53 Å². The average molecular weight is 413 g/mol. The number of hydrogen-bond donors (Lipinski definition) is 2. The van der Waals surface area contributed by atoms with Crippen molar-refractivity contribution in [1.82, 2.24) is 4.72 Å². The van der Waals surface area contributed by atoms with Crippen molar-refractivity contribution in [2.45, 2.75) is 17.4 Å². The molecule has 2 heterocycles. The molecule has 3 rings (SSSR count). The second kappa shape index (κ2) is 7.48. The molecule has 8 heteroatoms. The van der Waals surface area contributed by atoms with Crippen molar-refractivity contribution < 1.29 is 14.3 Å². The van der Waals surface area contributed by atoms with Crippen molar-refractivity contribution >= 4 is 56.8 Å². The van der Waals surface area contributed by atoms with E-state index in [1.54, 1.807) is 6.07 Å². The molecule has 1 aliphatic rings. The Morgan fingerprint density at radius 1 is 1.26 bits per heavy atom. The summed E-state index contributed by atoms with van der Waals surface area (Å²) in [4.78, 5) is 25.0. The summed E-state index contributed by atoms with van der Waals surface area (Å²) in [6.07, 6.45) is 0.691. The second-order valence-electron chi connectivity index (χ2n) is 4.81. The van der Waals surface area contributed by atoms with Gasteiger partial charge in [-0.25, -0.2) is 4.72 Å². The molecule has 120 valence electrons. The minimum Gasteiger partial charge on any atom is -0.464 e. The van der Waals surface area contributed by atoms with Gasteiger partial charge in [0.15, 0.2) is 0 Å². The van der Waals surface area contributed by atoms with E-state index in [1.807, 2.05) is 30.3 Å². The third-order valence-corrected chi connectivity index (χ3v) is 5.70. The normalized spacial score (nSPS) is 17.1. The van der Waals surface area contributed by atoms with Gasteiger partial charge in [0, 0.05) is 17.0 Å². The van der Waals surface area contributed by atoms with Crippen LogP contribution < -0.4 is 10.0 Å². The van der Waals surface area contributed by atoms with Crippen LogP contribution >= 0.6 is 39.2 Å². The van der Waals surface area contributed by atoms with Crippen molar-refractivity contribution in [2.75, 3.05) is 11.9 Å². The number of ether oxygens (including phenoxy) is 1. The smallest absolute Gasteiger partial charge is 0.324 e.